The van der Waals surface area contributed by atoms with E-state index in [9.17, 15) is 0 Å². The van der Waals surface area contributed by atoms with Gasteiger partial charge < -0.3 is 0 Å². The van der Waals surface area contributed by atoms with Crippen LogP contribution in [0.15, 0.2) is 23.9 Å². The normalized spacial score (nSPS) is 13.8. The Kier molecular flexibility index (Phi) is 3.90. The molecule has 0 aromatic heterocycles. The Bertz CT molecular complexity index is 119. The van der Waals surface area contributed by atoms with Gasteiger partial charge in [-0.3, -0.25) is 0 Å². The molecule has 0 bridgehead atoms. The summed E-state index contributed by atoms with van der Waals surface area (Å²) in [5.41, 5.74) is 2.09. The van der Waals surface area contributed by atoms with Gasteiger partial charge in [0.15, 0.2) is 7.38 Å². The van der Waals surface area contributed by atoms with Crippen LogP contribution in [0.3, 0.4) is 0 Å². The highest BCUT2D eigenvalue weighted by molar-refractivity contribution is 7.21. The fraction of sp³-hybridized carbons (Fsp3) is 0.429. The smallest absolute Gasteiger partial charge is 0.162 e. The second-order valence-electron chi connectivity index (χ2n) is 2.45. The Morgan fingerprint density at radius 2 is 1.78 bits per heavy atom. The standard InChI is InChI=1S/C7H13ClSi/c1-4-5-6-7-9(2,3)8/h4-7H,1-3H3. The molecule has 0 unspecified atom stereocenters. The zero-order chi connectivity index (χ0) is 7.33. The van der Waals surface area contributed by atoms with Crippen LogP contribution in [0.25, 0.3) is 0 Å². The van der Waals surface area contributed by atoms with Crippen molar-refractivity contribution in [1.29, 1.82) is 0 Å². The van der Waals surface area contributed by atoms with Crippen molar-refractivity contribution >= 4 is 18.5 Å². The molecule has 0 amide bonds. The van der Waals surface area contributed by atoms with Gasteiger partial charge in [-0.15, -0.1) is 0 Å². The molecule has 0 saturated heterocycles. The number of allylic oxidation sites excluding steroid dienone is 3. The lowest BCUT2D eigenvalue weighted by Crippen LogP contribution is -2.10. The first-order valence-corrected chi connectivity index (χ1v) is 7.14. The van der Waals surface area contributed by atoms with E-state index in [1.165, 1.54) is 0 Å². The first-order valence-electron chi connectivity index (χ1n) is 3.06. The van der Waals surface area contributed by atoms with Gasteiger partial charge in [0.1, 0.15) is 0 Å². The summed E-state index contributed by atoms with van der Waals surface area (Å²) in [6.45, 7) is 6.18. The molecule has 0 aliphatic rings. The van der Waals surface area contributed by atoms with Gasteiger partial charge in [-0.05, 0) is 6.92 Å². The summed E-state index contributed by atoms with van der Waals surface area (Å²) < 4.78 is 0. The average Bonchev–Trinajstić information content (AvgIpc) is 1.63. The molecule has 0 aliphatic heterocycles. The third-order valence-electron chi connectivity index (χ3n) is 0.796. The van der Waals surface area contributed by atoms with Gasteiger partial charge in [0.25, 0.3) is 0 Å². The SMILES string of the molecule is CC=CC=C[Si](C)(C)Cl. The summed E-state index contributed by atoms with van der Waals surface area (Å²) >= 11 is 5.99. The largest absolute Gasteiger partial charge is 0.173 e. The monoisotopic (exact) mass is 160 g/mol. The Hall–Kier alpha value is -0.0131. The third-order valence-corrected chi connectivity index (χ3v) is 2.16. The number of hydrogen-bond donors (Lipinski definition) is 0. The molecule has 0 aliphatic carbocycles. The van der Waals surface area contributed by atoms with E-state index in [-0.39, 0.29) is 0 Å². The van der Waals surface area contributed by atoms with Crippen molar-refractivity contribution in [2.24, 2.45) is 0 Å². The maximum Gasteiger partial charge on any atom is 0.173 e. The lowest BCUT2D eigenvalue weighted by molar-refractivity contribution is 1.73. The van der Waals surface area contributed by atoms with Crippen LogP contribution in [-0.2, 0) is 0 Å². The van der Waals surface area contributed by atoms with Gasteiger partial charge in [-0.25, -0.2) is 0 Å². The highest BCUT2D eigenvalue weighted by Gasteiger charge is 2.09. The second kappa shape index (κ2) is 3.91. The zero-order valence-corrected chi connectivity index (χ0v) is 7.94. The van der Waals surface area contributed by atoms with Crippen molar-refractivity contribution in [3.8, 4) is 0 Å². The van der Waals surface area contributed by atoms with E-state index in [2.05, 4.69) is 18.8 Å². The van der Waals surface area contributed by atoms with Gasteiger partial charge in [0.05, 0.1) is 0 Å². The summed E-state index contributed by atoms with van der Waals surface area (Å²) in [5, 5.41) is 0. The van der Waals surface area contributed by atoms with Crippen LogP contribution in [0.4, 0.5) is 0 Å². The van der Waals surface area contributed by atoms with E-state index in [0.717, 1.165) is 0 Å². The molecule has 0 radical (unpaired) electrons. The molecule has 9 heavy (non-hydrogen) atoms. The van der Waals surface area contributed by atoms with E-state index in [0.29, 0.717) is 0 Å². The van der Waals surface area contributed by atoms with Crippen LogP contribution in [-0.4, -0.2) is 7.38 Å². The molecule has 0 spiro atoms. The summed E-state index contributed by atoms with van der Waals surface area (Å²) in [7, 11) is -1.45. The molecule has 0 N–H and O–H groups in total. The predicted octanol–water partition coefficient (Wildman–Crippen LogP) is 3.10. The van der Waals surface area contributed by atoms with Crippen LogP contribution < -0.4 is 0 Å². The van der Waals surface area contributed by atoms with Gasteiger partial charge in [0.2, 0.25) is 0 Å². The van der Waals surface area contributed by atoms with Gasteiger partial charge in [0, 0.05) is 0 Å². The number of hydrogen-bond acceptors (Lipinski definition) is 0. The molecule has 0 rings (SSSR count). The fourth-order valence-corrected chi connectivity index (χ4v) is 1.18. The molecule has 0 nitrogen and oxygen atoms in total. The lowest BCUT2D eigenvalue weighted by Gasteiger charge is -2.02. The van der Waals surface area contributed by atoms with Crippen molar-refractivity contribution < 1.29 is 0 Å². The Morgan fingerprint density at radius 1 is 1.22 bits per heavy atom. The summed E-state index contributed by atoms with van der Waals surface area (Å²) in [6.07, 6.45) is 6.00. The summed E-state index contributed by atoms with van der Waals surface area (Å²) in [5.74, 6) is 0. The van der Waals surface area contributed by atoms with Gasteiger partial charge in [-0.1, -0.05) is 37.0 Å². The van der Waals surface area contributed by atoms with Crippen molar-refractivity contribution in [2.45, 2.75) is 20.0 Å². The van der Waals surface area contributed by atoms with Crippen LogP contribution in [0.1, 0.15) is 6.92 Å². The van der Waals surface area contributed by atoms with Crippen molar-refractivity contribution in [1.82, 2.24) is 0 Å². The van der Waals surface area contributed by atoms with Crippen LogP contribution in [0.2, 0.25) is 13.1 Å². The Balaban J connectivity index is 3.71. The Morgan fingerprint density at radius 3 is 2.11 bits per heavy atom. The molecule has 2 heteroatoms. The average molecular weight is 161 g/mol. The molecule has 52 valence electrons. The van der Waals surface area contributed by atoms with Gasteiger partial charge >= 0.3 is 0 Å². The maximum atomic E-state index is 5.99. The van der Waals surface area contributed by atoms with Crippen LogP contribution >= 0.6 is 11.1 Å². The summed E-state index contributed by atoms with van der Waals surface area (Å²) in [6, 6.07) is 0. The first kappa shape index (κ1) is 8.99. The molecular formula is C7H13ClSi. The van der Waals surface area contributed by atoms with E-state index in [1.807, 2.05) is 25.2 Å². The molecule has 0 fully saturated rings. The first-order chi connectivity index (χ1) is 4.06. The van der Waals surface area contributed by atoms with Crippen LogP contribution in [0, 0.1) is 0 Å². The predicted molar refractivity (Wildman–Crippen MR) is 47.3 cm³/mol. The minimum atomic E-state index is -1.45. The maximum absolute atomic E-state index is 5.99. The minimum absolute atomic E-state index is 1.45. The lowest BCUT2D eigenvalue weighted by atomic mass is 10.5. The number of rotatable bonds is 2. The highest BCUT2D eigenvalue weighted by Crippen LogP contribution is 2.08. The van der Waals surface area contributed by atoms with E-state index in [4.69, 9.17) is 11.1 Å². The molecule has 0 heterocycles. The topological polar surface area (TPSA) is 0 Å². The van der Waals surface area contributed by atoms with Crippen molar-refractivity contribution in [3.05, 3.63) is 23.9 Å². The van der Waals surface area contributed by atoms with Crippen molar-refractivity contribution in [2.75, 3.05) is 0 Å². The van der Waals surface area contributed by atoms with Gasteiger partial charge in [-0.2, -0.15) is 11.1 Å². The fourth-order valence-electron chi connectivity index (χ4n) is 0.395. The zero-order valence-electron chi connectivity index (χ0n) is 6.19. The quantitative estimate of drug-likeness (QED) is 0.331. The van der Waals surface area contributed by atoms with E-state index in [1.54, 1.807) is 0 Å². The Labute approximate surface area is 62.9 Å². The molecule has 0 atom stereocenters. The molecule has 0 aromatic carbocycles. The van der Waals surface area contributed by atoms with Crippen LogP contribution in [0.5, 0.6) is 0 Å². The number of halogens is 1. The highest BCUT2D eigenvalue weighted by atomic mass is 35.6. The third kappa shape index (κ3) is 7.99. The summed E-state index contributed by atoms with van der Waals surface area (Å²) in [4.78, 5) is 0. The van der Waals surface area contributed by atoms with Crippen molar-refractivity contribution in [3.63, 3.8) is 0 Å². The minimum Gasteiger partial charge on any atom is -0.162 e. The molecule has 0 aromatic rings. The van der Waals surface area contributed by atoms with E-state index < -0.39 is 7.38 Å². The van der Waals surface area contributed by atoms with E-state index >= 15 is 0 Å². The molecular weight excluding hydrogens is 148 g/mol. The second-order valence-corrected chi connectivity index (χ2v) is 8.83. The molecule has 0 saturated carbocycles.